The minimum Gasteiger partial charge on any atom is -0.495 e. The summed E-state index contributed by atoms with van der Waals surface area (Å²) in [7, 11) is 1.59. The van der Waals surface area contributed by atoms with Crippen LogP contribution in [0, 0.1) is 19.8 Å². The summed E-state index contributed by atoms with van der Waals surface area (Å²) >= 11 is 0. The maximum Gasteiger partial charge on any atom is 0.232 e. The average molecular weight is 366 g/mol. The molecule has 5 nitrogen and oxygen atoms in total. The summed E-state index contributed by atoms with van der Waals surface area (Å²) in [6, 6.07) is 13.6. The van der Waals surface area contributed by atoms with Crippen LogP contribution in [-0.2, 0) is 9.59 Å². The smallest absolute Gasteiger partial charge is 0.232 e. The van der Waals surface area contributed by atoms with Gasteiger partial charge in [0.25, 0.3) is 0 Å². The number of amides is 2. The van der Waals surface area contributed by atoms with Crippen molar-refractivity contribution in [1.82, 2.24) is 0 Å². The Morgan fingerprint density at radius 1 is 1.19 bits per heavy atom. The van der Waals surface area contributed by atoms with Crippen LogP contribution < -0.4 is 14.5 Å². The maximum atomic E-state index is 13.1. The number of anilines is 2. The SMILES string of the molecule is CCN(C(=O)C1CC(=O)N(c2cc(C)ccc2OC)C1)c1cccc(C)c1. The number of aryl methyl sites for hydroxylation is 2. The van der Waals surface area contributed by atoms with Crippen molar-refractivity contribution in [2.75, 3.05) is 30.0 Å². The highest BCUT2D eigenvalue weighted by molar-refractivity contribution is 6.05. The summed E-state index contributed by atoms with van der Waals surface area (Å²) in [4.78, 5) is 29.3. The second-order valence-electron chi connectivity index (χ2n) is 7.00. The van der Waals surface area contributed by atoms with E-state index >= 15 is 0 Å². The zero-order valence-corrected chi connectivity index (χ0v) is 16.4. The van der Waals surface area contributed by atoms with E-state index in [1.165, 1.54) is 0 Å². The number of methoxy groups -OCH3 is 1. The first kappa shape index (κ1) is 19.0. The number of nitrogens with zero attached hydrogens (tertiary/aromatic N) is 2. The van der Waals surface area contributed by atoms with E-state index in [1.54, 1.807) is 16.9 Å². The van der Waals surface area contributed by atoms with Crippen LogP contribution in [0.4, 0.5) is 11.4 Å². The van der Waals surface area contributed by atoms with Gasteiger partial charge in [-0.2, -0.15) is 0 Å². The molecule has 0 aliphatic carbocycles. The predicted molar refractivity (Wildman–Crippen MR) is 107 cm³/mol. The number of ether oxygens (including phenoxy) is 1. The summed E-state index contributed by atoms with van der Waals surface area (Å²) < 4.78 is 5.42. The molecule has 1 aliphatic rings. The van der Waals surface area contributed by atoms with Gasteiger partial charge in [0.05, 0.1) is 18.7 Å². The molecule has 1 aliphatic heterocycles. The second kappa shape index (κ2) is 7.82. The normalized spacial score (nSPS) is 16.5. The van der Waals surface area contributed by atoms with Crippen LogP contribution in [0.5, 0.6) is 5.75 Å². The van der Waals surface area contributed by atoms with E-state index in [2.05, 4.69) is 0 Å². The Labute approximate surface area is 160 Å². The van der Waals surface area contributed by atoms with Gasteiger partial charge >= 0.3 is 0 Å². The van der Waals surface area contributed by atoms with Crippen molar-refractivity contribution in [1.29, 1.82) is 0 Å². The summed E-state index contributed by atoms with van der Waals surface area (Å²) in [5.41, 5.74) is 3.76. The van der Waals surface area contributed by atoms with E-state index in [9.17, 15) is 9.59 Å². The van der Waals surface area contributed by atoms with Crippen LogP contribution in [-0.4, -0.2) is 32.0 Å². The molecule has 27 heavy (non-hydrogen) atoms. The fourth-order valence-corrected chi connectivity index (χ4v) is 3.60. The quantitative estimate of drug-likeness (QED) is 0.810. The third-order valence-corrected chi connectivity index (χ3v) is 5.00. The molecule has 1 saturated heterocycles. The molecule has 1 fully saturated rings. The molecule has 0 bridgehead atoms. The van der Waals surface area contributed by atoms with E-state index in [0.717, 1.165) is 22.5 Å². The van der Waals surface area contributed by atoms with Gasteiger partial charge in [0.1, 0.15) is 5.75 Å². The van der Waals surface area contributed by atoms with Gasteiger partial charge in [0.15, 0.2) is 0 Å². The molecule has 0 saturated carbocycles. The lowest BCUT2D eigenvalue weighted by Crippen LogP contribution is -2.37. The van der Waals surface area contributed by atoms with Crippen molar-refractivity contribution in [3.8, 4) is 5.75 Å². The van der Waals surface area contributed by atoms with E-state index in [0.29, 0.717) is 18.8 Å². The zero-order valence-electron chi connectivity index (χ0n) is 16.4. The highest BCUT2D eigenvalue weighted by Crippen LogP contribution is 2.34. The van der Waals surface area contributed by atoms with Crippen LogP contribution in [0.15, 0.2) is 42.5 Å². The molecule has 0 aromatic heterocycles. The number of carbonyl (C=O) groups is 2. The van der Waals surface area contributed by atoms with Gasteiger partial charge in [-0.05, 0) is 56.2 Å². The Hall–Kier alpha value is -2.82. The lowest BCUT2D eigenvalue weighted by molar-refractivity contribution is -0.124. The molecule has 0 spiro atoms. The summed E-state index contributed by atoms with van der Waals surface area (Å²) in [5.74, 6) is 0.236. The van der Waals surface area contributed by atoms with Crippen molar-refractivity contribution in [2.24, 2.45) is 5.92 Å². The highest BCUT2D eigenvalue weighted by atomic mass is 16.5. The predicted octanol–water partition coefficient (Wildman–Crippen LogP) is 3.72. The number of carbonyl (C=O) groups excluding carboxylic acids is 2. The Balaban J connectivity index is 1.84. The first-order chi connectivity index (χ1) is 12.9. The Morgan fingerprint density at radius 3 is 2.59 bits per heavy atom. The molecule has 5 heteroatoms. The van der Waals surface area contributed by atoms with Crippen molar-refractivity contribution in [3.05, 3.63) is 53.6 Å². The van der Waals surface area contributed by atoms with Crippen LogP contribution in [0.2, 0.25) is 0 Å². The van der Waals surface area contributed by atoms with Gasteiger partial charge in [0.2, 0.25) is 11.8 Å². The third-order valence-electron chi connectivity index (χ3n) is 5.00. The largest absolute Gasteiger partial charge is 0.495 e. The van der Waals surface area contributed by atoms with Gasteiger partial charge in [-0.3, -0.25) is 9.59 Å². The number of hydrogen-bond acceptors (Lipinski definition) is 3. The topological polar surface area (TPSA) is 49.9 Å². The van der Waals surface area contributed by atoms with E-state index in [4.69, 9.17) is 4.74 Å². The standard InChI is InChI=1S/C22H26N2O3/c1-5-23(18-8-6-7-15(2)11-18)22(26)17-13-21(25)24(14-17)19-12-16(3)9-10-20(19)27-4/h6-12,17H,5,13-14H2,1-4H3. The van der Waals surface area contributed by atoms with E-state index in [1.807, 2.05) is 63.2 Å². The summed E-state index contributed by atoms with van der Waals surface area (Å²) in [5, 5.41) is 0. The molecule has 1 heterocycles. The second-order valence-corrected chi connectivity index (χ2v) is 7.00. The highest BCUT2D eigenvalue weighted by Gasteiger charge is 2.38. The van der Waals surface area contributed by atoms with Gasteiger partial charge in [-0.25, -0.2) is 0 Å². The Kier molecular flexibility index (Phi) is 5.49. The first-order valence-electron chi connectivity index (χ1n) is 9.27. The van der Waals surface area contributed by atoms with Gasteiger partial charge in [0, 0.05) is 25.2 Å². The third kappa shape index (κ3) is 3.82. The van der Waals surface area contributed by atoms with Gasteiger partial charge < -0.3 is 14.5 Å². The minimum absolute atomic E-state index is 0.00873. The summed E-state index contributed by atoms with van der Waals surface area (Å²) in [6.45, 7) is 6.88. The maximum absolute atomic E-state index is 13.1. The monoisotopic (exact) mass is 366 g/mol. The van der Waals surface area contributed by atoms with E-state index < -0.39 is 0 Å². The van der Waals surface area contributed by atoms with E-state index in [-0.39, 0.29) is 24.2 Å². The Bertz CT molecular complexity index is 862. The number of hydrogen-bond donors (Lipinski definition) is 0. The molecule has 3 rings (SSSR count). The number of benzene rings is 2. The van der Waals surface area contributed by atoms with Crippen LogP contribution in [0.1, 0.15) is 24.5 Å². The molecular formula is C22H26N2O3. The molecule has 2 aromatic rings. The van der Waals surface area contributed by atoms with Crippen LogP contribution in [0.25, 0.3) is 0 Å². The molecule has 0 N–H and O–H groups in total. The van der Waals surface area contributed by atoms with Crippen molar-refractivity contribution < 1.29 is 14.3 Å². The minimum atomic E-state index is -0.358. The lowest BCUT2D eigenvalue weighted by atomic mass is 10.1. The summed E-state index contributed by atoms with van der Waals surface area (Å²) in [6.07, 6.45) is 0.220. The zero-order chi connectivity index (χ0) is 19.6. The van der Waals surface area contributed by atoms with Crippen LogP contribution in [0.3, 0.4) is 0 Å². The van der Waals surface area contributed by atoms with Gasteiger partial charge in [-0.15, -0.1) is 0 Å². The molecular weight excluding hydrogens is 340 g/mol. The molecule has 1 unspecified atom stereocenters. The molecule has 2 amide bonds. The van der Waals surface area contributed by atoms with Crippen LogP contribution >= 0.6 is 0 Å². The molecule has 0 radical (unpaired) electrons. The van der Waals surface area contributed by atoms with Crippen molar-refractivity contribution >= 4 is 23.2 Å². The molecule has 1 atom stereocenters. The molecule has 142 valence electrons. The molecule has 2 aromatic carbocycles. The average Bonchev–Trinajstić information content (AvgIpc) is 3.04. The lowest BCUT2D eigenvalue weighted by Gasteiger charge is -2.25. The van der Waals surface area contributed by atoms with Crippen molar-refractivity contribution in [2.45, 2.75) is 27.2 Å². The van der Waals surface area contributed by atoms with Crippen molar-refractivity contribution in [3.63, 3.8) is 0 Å². The fraction of sp³-hybridized carbons (Fsp3) is 0.364. The Morgan fingerprint density at radius 2 is 1.93 bits per heavy atom. The number of rotatable bonds is 5. The van der Waals surface area contributed by atoms with Gasteiger partial charge in [-0.1, -0.05) is 18.2 Å². The first-order valence-corrected chi connectivity index (χ1v) is 9.27. The fourth-order valence-electron chi connectivity index (χ4n) is 3.60.